The molecule has 3 aromatic rings. The maximum Gasteiger partial charge on any atom is 0.356 e. The van der Waals surface area contributed by atoms with Gasteiger partial charge in [0.2, 0.25) is 0 Å². The lowest BCUT2D eigenvalue weighted by Crippen LogP contribution is -1.97. The number of carboxylic acid groups (broad SMARTS) is 1. The van der Waals surface area contributed by atoms with Crippen LogP contribution in [0, 0.1) is 0 Å². The molecule has 0 bridgehead atoms. The zero-order chi connectivity index (χ0) is 12.7. The quantitative estimate of drug-likeness (QED) is 0.785. The summed E-state index contributed by atoms with van der Waals surface area (Å²) >= 11 is 4.90. The van der Waals surface area contributed by atoms with Crippen molar-refractivity contribution in [3.63, 3.8) is 0 Å². The molecule has 0 radical (unpaired) electrons. The number of thiophene rings is 1. The highest BCUT2D eigenvalue weighted by atomic mass is 79.9. The third-order valence-corrected chi connectivity index (χ3v) is 4.06. The van der Waals surface area contributed by atoms with Crippen LogP contribution in [0.4, 0.5) is 0 Å². The Morgan fingerprint density at radius 2 is 2.22 bits per heavy atom. The van der Waals surface area contributed by atoms with Gasteiger partial charge in [0.05, 0.1) is 10.4 Å². The first-order chi connectivity index (χ1) is 8.68. The van der Waals surface area contributed by atoms with Crippen LogP contribution in [0.15, 0.2) is 40.3 Å². The summed E-state index contributed by atoms with van der Waals surface area (Å²) < 4.78 is 2.51. The van der Waals surface area contributed by atoms with Crippen LogP contribution in [0.5, 0.6) is 0 Å². The highest BCUT2D eigenvalue weighted by Gasteiger charge is 2.19. The second kappa shape index (κ2) is 4.22. The van der Waals surface area contributed by atoms with Gasteiger partial charge in [-0.2, -0.15) is 0 Å². The number of rotatable bonds is 2. The zero-order valence-electron chi connectivity index (χ0n) is 9.00. The Kier molecular flexibility index (Phi) is 2.68. The van der Waals surface area contributed by atoms with E-state index in [1.54, 1.807) is 4.40 Å². The molecule has 0 saturated carbocycles. The normalized spacial score (nSPS) is 10.9. The second-order valence-corrected chi connectivity index (χ2v) is 5.44. The van der Waals surface area contributed by atoms with Crippen LogP contribution in [0.3, 0.4) is 0 Å². The van der Waals surface area contributed by atoms with Crippen LogP contribution in [0.2, 0.25) is 0 Å². The predicted molar refractivity (Wildman–Crippen MR) is 73.2 cm³/mol. The first-order valence-corrected chi connectivity index (χ1v) is 6.79. The standard InChI is InChI=1S/C12H7BrN2O2S/c13-7-3-1-5-15-10(7)9(12(16)17)14-11(15)8-4-2-6-18-8/h1-6H,(H,16,17). The molecule has 0 amide bonds. The number of carbonyl (C=O) groups is 1. The highest BCUT2D eigenvalue weighted by molar-refractivity contribution is 9.10. The van der Waals surface area contributed by atoms with Crippen LogP contribution in [0.1, 0.15) is 10.5 Å². The lowest BCUT2D eigenvalue weighted by Gasteiger charge is -1.99. The molecule has 0 fully saturated rings. The van der Waals surface area contributed by atoms with Gasteiger partial charge in [0, 0.05) is 10.7 Å². The van der Waals surface area contributed by atoms with Crippen LogP contribution in [-0.4, -0.2) is 20.5 Å². The Morgan fingerprint density at radius 3 is 2.89 bits per heavy atom. The topological polar surface area (TPSA) is 54.6 Å². The van der Waals surface area contributed by atoms with E-state index in [0.29, 0.717) is 11.3 Å². The molecular formula is C12H7BrN2O2S. The van der Waals surface area contributed by atoms with Crippen molar-refractivity contribution in [3.8, 4) is 10.7 Å². The molecule has 0 saturated heterocycles. The molecule has 18 heavy (non-hydrogen) atoms. The highest BCUT2D eigenvalue weighted by Crippen LogP contribution is 2.30. The summed E-state index contributed by atoms with van der Waals surface area (Å²) in [5.74, 6) is -0.374. The number of pyridine rings is 1. The molecule has 0 aliphatic heterocycles. The summed E-state index contributed by atoms with van der Waals surface area (Å²) in [6, 6.07) is 7.49. The van der Waals surface area contributed by atoms with Gasteiger partial charge >= 0.3 is 5.97 Å². The molecule has 0 unspecified atom stereocenters. The Bertz CT molecular complexity index is 734. The molecule has 0 atom stereocenters. The van der Waals surface area contributed by atoms with E-state index in [1.165, 1.54) is 11.3 Å². The van der Waals surface area contributed by atoms with E-state index >= 15 is 0 Å². The first kappa shape index (κ1) is 11.4. The zero-order valence-corrected chi connectivity index (χ0v) is 11.4. The van der Waals surface area contributed by atoms with Gasteiger partial charge in [-0.3, -0.25) is 4.40 Å². The summed E-state index contributed by atoms with van der Waals surface area (Å²) in [7, 11) is 0. The van der Waals surface area contributed by atoms with Crippen LogP contribution < -0.4 is 0 Å². The van der Waals surface area contributed by atoms with Crippen molar-refractivity contribution in [3.05, 3.63) is 46.0 Å². The fraction of sp³-hybridized carbons (Fsp3) is 0. The Morgan fingerprint density at radius 1 is 1.39 bits per heavy atom. The van der Waals surface area contributed by atoms with E-state index in [4.69, 9.17) is 0 Å². The summed E-state index contributed by atoms with van der Waals surface area (Å²) in [5.41, 5.74) is 0.638. The van der Waals surface area contributed by atoms with Gasteiger partial charge in [-0.15, -0.1) is 11.3 Å². The van der Waals surface area contributed by atoms with Crippen LogP contribution >= 0.6 is 27.3 Å². The summed E-state index contributed by atoms with van der Waals surface area (Å²) in [6.45, 7) is 0. The van der Waals surface area contributed by atoms with Crippen molar-refractivity contribution in [1.29, 1.82) is 0 Å². The number of hydrogen-bond acceptors (Lipinski definition) is 3. The SMILES string of the molecule is O=C(O)c1nc(-c2cccs2)n2cccc(Br)c12. The predicted octanol–water partition coefficient (Wildman–Crippen LogP) is 3.52. The van der Waals surface area contributed by atoms with Crippen molar-refractivity contribution < 1.29 is 9.90 Å². The van der Waals surface area contributed by atoms with E-state index in [0.717, 1.165) is 9.35 Å². The van der Waals surface area contributed by atoms with E-state index in [-0.39, 0.29) is 5.69 Å². The van der Waals surface area contributed by atoms with Crippen molar-refractivity contribution in [2.24, 2.45) is 0 Å². The monoisotopic (exact) mass is 322 g/mol. The van der Waals surface area contributed by atoms with Crippen molar-refractivity contribution >= 4 is 38.8 Å². The van der Waals surface area contributed by atoms with Gasteiger partial charge in [-0.25, -0.2) is 9.78 Å². The van der Waals surface area contributed by atoms with Crippen molar-refractivity contribution in [2.75, 3.05) is 0 Å². The number of imidazole rings is 1. The lowest BCUT2D eigenvalue weighted by atomic mass is 10.3. The van der Waals surface area contributed by atoms with E-state index < -0.39 is 5.97 Å². The van der Waals surface area contributed by atoms with E-state index in [9.17, 15) is 9.90 Å². The molecule has 3 rings (SSSR count). The summed E-state index contributed by atoms with van der Waals surface area (Å²) in [6.07, 6.45) is 1.81. The number of fused-ring (bicyclic) bond motifs is 1. The molecule has 0 aromatic carbocycles. The minimum atomic E-state index is -1.03. The largest absolute Gasteiger partial charge is 0.476 e. The Balaban J connectivity index is 2.41. The lowest BCUT2D eigenvalue weighted by molar-refractivity contribution is 0.0693. The summed E-state index contributed by atoms with van der Waals surface area (Å²) in [5, 5.41) is 11.2. The van der Waals surface area contributed by atoms with Gasteiger partial charge in [0.1, 0.15) is 0 Å². The molecule has 0 aliphatic rings. The molecule has 0 spiro atoms. The van der Waals surface area contributed by atoms with Gasteiger partial charge in [0.25, 0.3) is 0 Å². The molecule has 3 aromatic heterocycles. The van der Waals surface area contributed by atoms with Crippen molar-refractivity contribution in [2.45, 2.75) is 0 Å². The second-order valence-electron chi connectivity index (χ2n) is 3.64. The van der Waals surface area contributed by atoms with Gasteiger partial charge in [-0.1, -0.05) is 6.07 Å². The number of nitrogens with zero attached hydrogens (tertiary/aromatic N) is 2. The van der Waals surface area contributed by atoms with E-state index in [1.807, 2.05) is 35.8 Å². The average molecular weight is 323 g/mol. The molecular weight excluding hydrogens is 316 g/mol. The maximum absolute atomic E-state index is 11.3. The number of halogens is 1. The van der Waals surface area contributed by atoms with Crippen molar-refractivity contribution in [1.82, 2.24) is 9.38 Å². The fourth-order valence-electron chi connectivity index (χ4n) is 1.83. The summed E-state index contributed by atoms with van der Waals surface area (Å²) in [4.78, 5) is 16.4. The van der Waals surface area contributed by atoms with E-state index in [2.05, 4.69) is 20.9 Å². The molecule has 3 heterocycles. The molecule has 90 valence electrons. The van der Waals surface area contributed by atoms with Gasteiger partial charge in [0.15, 0.2) is 11.5 Å². The third-order valence-electron chi connectivity index (χ3n) is 2.56. The molecule has 1 N–H and O–H groups in total. The number of hydrogen-bond donors (Lipinski definition) is 1. The van der Waals surface area contributed by atoms with Crippen LogP contribution in [-0.2, 0) is 0 Å². The molecule has 0 aliphatic carbocycles. The Hall–Kier alpha value is -1.66. The fourth-order valence-corrected chi connectivity index (χ4v) is 3.07. The minimum absolute atomic E-state index is 0.0610. The molecule has 4 nitrogen and oxygen atoms in total. The van der Waals surface area contributed by atoms with Gasteiger partial charge < -0.3 is 5.11 Å². The third kappa shape index (κ3) is 1.65. The van der Waals surface area contributed by atoms with Crippen LogP contribution in [0.25, 0.3) is 16.2 Å². The number of aromatic nitrogens is 2. The maximum atomic E-state index is 11.3. The number of carboxylic acids is 1. The number of aromatic carboxylic acids is 1. The average Bonchev–Trinajstić information content (AvgIpc) is 2.95. The molecule has 6 heteroatoms. The van der Waals surface area contributed by atoms with Gasteiger partial charge in [-0.05, 0) is 39.5 Å². The Labute approximate surface area is 115 Å². The smallest absolute Gasteiger partial charge is 0.356 e. The minimum Gasteiger partial charge on any atom is -0.476 e. The first-order valence-electron chi connectivity index (χ1n) is 5.12.